The van der Waals surface area contributed by atoms with Crippen LogP contribution >= 0.6 is 11.6 Å². The van der Waals surface area contributed by atoms with Crippen LogP contribution in [0.5, 0.6) is 5.75 Å². The maximum Gasteiger partial charge on any atom is 0.240 e. The summed E-state index contributed by atoms with van der Waals surface area (Å²) in [5.74, 6) is -1.25. The fourth-order valence-electron chi connectivity index (χ4n) is 4.26. The zero-order valence-electron chi connectivity index (χ0n) is 21.5. The van der Waals surface area contributed by atoms with Crippen molar-refractivity contribution in [2.24, 2.45) is 0 Å². The maximum atomic E-state index is 15.0. The molecule has 0 radical (unpaired) electrons. The summed E-state index contributed by atoms with van der Waals surface area (Å²) in [6.07, 6.45) is 2.76. The SMILES string of the molecule is CC(C)OC(c1ncc(Cl)cn1)C(C)S(=O)(=O)Nc1nnc2n1[C@H](c1ccc(F)cc1F)COc1cccnc1-2. The number of rotatable bonds is 8. The topological polar surface area (TPSA) is 134 Å². The Kier molecular flexibility index (Phi) is 7.66. The number of nitrogens with zero attached hydrogens (tertiary/aromatic N) is 6. The number of nitrogens with one attached hydrogen (secondary N) is 1. The van der Waals surface area contributed by atoms with E-state index in [9.17, 15) is 17.2 Å². The molecule has 2 unspecified atom stereocenters. The first kappa shape index (κ1) is 27.8. The third-order valence-electron chi connectivity index (χ3n) is 6.17. The molecule has 3 atom stereocenters. The third kappa shape index (κ3) is 5.46. The molecule has 1 aliphatic heterocycles. The number of hydrogen-bond acceptors (Lipinski definition) is 9. The number of sulfonamides is 1. The quantitative estimate of drug-likeness (QED) is 0.317. The van der Waals surface area contributed by atoms with Crippen LogP contribution in [-0.2, 0) is 14.8 Å². The molecule has 1 aromatic carbocycles. The largest absolute Gasteiger partial charge is 0.489 e. The molecular formula is C25H24ClF2N7O4S. The van der Waals surface area contributed by atoms with Gasteiger partial charge in [-0.3, -0.25) is 9.29 Å². The first-order chi connectivity index (χ1) is 19.0. The Balaban J connectivity index is 1.58. The van der Waals surface area contributed by atoms with Crippen molar-refractivity contribution in [3.63, 3.8) is 0 Å². The van der Waals surface area contributed by atoms with Crippen LogP contribution in [0, 0.1) is 11.6 Å². The number of anilines is 1. The van der Waals surface area contributed by atoms with E-state index in [0.717, 1.165) is 12.1 Å². The van der Waals surface area contributed by atoms with Gasteiger partial charge in [0.15, 0.2) is 11.6 Å². The minimum Gasteiger partial charge on any atom is -0.489 e. The number of pyridine rings is 1. The summed E-state index contributed by atoms with van der Waals surface area (Å²) >= 11 is 5.91. The van der Waals surface area contributed by atoms with E-state index in [4.69, 9.17) is 21.1 Å². The van der Waals surface area contributed by atoms with Gasteiger partial charge in [0, 0.05) is 30.2 Å². The molecule has 40 heavy (non-hydrogen) atoms. The summed E-state index contributed by atoms with van der Waals surface area (Å²) in [7, 11) is -4.26. The summed E-state index contributed by atoms with van der Waals surface area (Å²) in [5.41, 5.74) is 0.313. The van der Waals surface area contributed by atoms with E-state index in [2.05, 4.69) is 29.9 Å². The number of hydrogen-bond donors (Lipinski definition) is 1. The van der Waals surface area contributed by atoms with Gasteiger partial charge >= 0.3 is 0 Å². The third-order valence-corrected chi connectivity index (χ3v) is 8.06. The lowest BCUT2D eigenvalue weighted by Gasteiger charge is -2.26. The highest BCUT2D eigenvalue weighted by Gasteiger charge is 2.37. The molecule has 4 heterocycles. The number of aromatic nitrogens is 6. The van der Waals surface area contributed by atoms with Crippen molar-refractivity contribution in [1.82, 2.24) is 29.7 Å². The Hall–Kier alpha value is -3.75. The smallest absolute Gasteiger partial charge is 0.240 e. The lowest BCUT2D eigenvalue weighted by molar-refractivity contribution is 0.00154. The standard InChI is InChI=1S/C25H24ClF2N7O4S/c1-13(2)39-22(23-30-10-15(26)11-31-23)14(3)40(36,37)34-25-33-32-24-21-20(5-4-8-29-21)38-12-19(35(24)25)17-7-6-16(27)9-18(17)28/h4-11,13-14,19,22H,12H2,1-3H3,(H,33,34)/t14?,19-,22?/m0/s1. The second kappa shape index (κ2) is 11.0. The molecule has 1 aliphatic rings. The van der Waals surface area contributed by atoms with E-state index >= 15 is 0 Å². The maximum absolute atomic E-state index is 15.0. The summed E-state index contributed by atoms with van der Waals surface area (Å²) in [5, 5.41) is 7.29. The first-order valence-electron chi connectivity index (χ1n) is 12.2. The molecule has 5 rings (SSSR count). The van der Waals surface area contributed by atoms with E-state index in [-0.39, 0.29) is 46.6 Å². The van der Waals surface area contributed by atoms with Gasteiger partial charge in [0.2, 0.25) is 16.0 Å². The molecule has 0 bridgehead atoms. The summed E-state index contributed by atoms with van der Waals surface area (Å²) in [4.78, 5) is 12.6. The van der Waals surface area contributed by atoms with Crippen molar-refractivity contribution in [2.45, 2.75) is 44.3 Å². The second-order valence-corrected chi connectivity index (χ2v) is 11.8. The Morgan fingerprint density at radius 2 is 1.88 bits per heavy atom. The van der Waals surface area contributed by atoms with Crippen molar-refractivity contribution in [3.05, 3.63) is 77.0 Å². The number of benzene rings is 1. The molecule has 0 amide bonds. The van der Waals surface area contributed by atoms with Crippen LogP contribution in [0.2, 0.25) is 5.02 Å². The lowest BCUT2D eigenvalue weighted by atomic mass is 10.1. The van der Waals surface area contributed by atoms with Crippen molar-refractivity contribution in [2.75, 3.05) is 11.3 Å². The van der Waals surface area contributed by atoms with E-state index in [1.165, 1.54) is 36.1 Å². The molecule has 0 saturated carbocycles. The predicted octanol–water partition coefficient (Wildman–Crippen LogP) is 4.34. The molecule has 0 fully saturated rings. The van der Waals surface area contributed by atoms with Crippen LogP contribution in [-0.4, -0.2) is 56.1 Å². The van der Waals surface area contributed by atoms with Gasteiger partial charge in [0.25, 0.3) is 0 Å². The van der Waals surface area contributed by atoms with E-state index < -0.39 is 39.1 Å². The first-order valence-corrected chi connectivity index (χ1v) is 14.1. The number of halogens is 3. The van der Waals surface area contributed by atoms with Crippen molar-refractivity contribution in [1.29, 1.82) is 0 Å². The Bertz CT molecular complexity index is 1640. The van der Waals surface area contributed by atoms with Gasteiger partial charge < -0.3 is 9.47 Å². The molecular weight excluding hydrogens is 568 g/mol. The minimum atomic E-state index is -4.26. The molecule has 0 saturated heterocycles. The van der Waals surface area contributed by atoms with E-state index in [1.54, 1.807) is 26.0 Å². The van der Waals surface area contributed by atoms with Crippen molar-refractivity contribution in [3.8, 4) is 17.3 Å². The van der Waals surface area contributed by atoms with Crippen LogP contribution in [0.3, 0.4) is 0 Å². The van der Waals surface area contributed by atoms with Crippen LogP contribution in [0.25, 0.3) is 11.5 Å². The van der Waals surface area contributed by atoms with Crippen molar-refractivity contribution < 1.29 is 26.7 Å². The summed E-state index contributed by atoms with van der Waals surface area (Å²) in [6, 6.07) is 5.42. The van der Waals surface area contributed by atoms with Crippen LogP contribution < -0.4 is 9.46 Å². The fourth-order valence-corrected chi connectivity index (χ4v) is 5.45. The molecule has 15 heteroatoms. The van der Waals surface area contributed by atoms with Gasteiger partial charge in [-0.2, -0.15) is 0 Å². The number of ether oxygens (including phenoxy) is 2. The average molecular weight is 592 g/mol. The number of fused-ring (bicyclic) bond motifs is 3. The molecule has 4 aromatic rings. The fraction of sp³-hybridized carbons (Fsp3) is 0.320. The Morgan fingerprint density at radius 1 is 1.12 bits per heavy atom. The van der Waals surface area contributed by atoms with E-state index in [0.29, 0.717) is 5.75 Å². The second-order valence-electron chi connectivity index (χ2n) is 9.28. The highest BCUT2D eigenvalue weighted by molar-refractivity contribution is 7.93. The normalized spacial score (nSPS) is 16.4. The van der Waals surface area contributed by atoms with Crippen molar-refractivity contribution >= 4 is 27.6 Å². The molecule has 210 valence electrons. The Morgan fingerprint density at radius 3 is 2.58 bits per heavy atom. The van der Waals surface area contributed by atoms with Crippen LogP contribution in [0.15, 0.2) is 48.9 Å². The summed E-state index contributed by atoms with van der Waals surface area (Å²) < 4.78 is 71.8. The van der Waals surface area contributed by atoms with Gasteiger partial charge in [0.05, 0.1) is 11.1 Å². The monoisotopic (exact) mass is 591 g/mol. The average Bonchev–Trinajstić information content (AvgIpc) is 3.23. The molecule has 11 nitrogen and oxygen atoms in total. The molecule has 0 spiro atoms. The predicted molar refractivity (Wildman–Crippen MR) is 141 cm³/mol. The minimum absolute atomic E-state index is 0.0411. The van der Waals surface area contributed by atoms with Gasteiger partial charge in [-0.15, -0.1) is 10.2 Å². The van der Waals surface area contributed by atoms with E-state index in [1.807, 2.05) is 0 Å². The van der Waals surface area contributed by atoms with Gasteiger partial charge in [-0.05, 0) is 39.0 Å². The van der Waals surface area contributed by atoms with Gasteiger partial charge in [-0.25, -0.2) is 32.2 Å². The molecule has 1 N–H and O–H groups in total. The highest BCUT2D eigenvalue weighted by Crippen LogP contribution is 2.38. The molecule has 3 aromatic heterocycles. The van der Waals surface area contributed by atoms with Crippen LogP contribution in [0.1, 0.15) is 44.3 Å². The zero-order chi connectivity index (χ0) is 28.6. The Labute approximate surface area is 233 Å². The molecule has 0 aliphatic carbocycles. The van der Waals surface area contributed by atoms with Crippen LogP contribution in [0.4, 0.5) is 14.7 Å². The zero-order valence-corrected chi connectivity index (χ0v) is 23.1. The lowest BCUT2D eigenvalue weighted by Crippen LogP contribution is -2.35. The van der Waals surface area contributed by atoms with Gasteiger partial charge in [-0.1, -0.05) is 17.7 Å². The summed E-state index contributed by atoms with van der Waals surface area (Å²) in [6.45, 7) is 4.79. The van der Waals surface area contributed by atoms with Gasteiger partial charge in [0.1, 0.15) is 47.1 Å². The highest BCUT2D eigenvalue weighted by atomic mass is 35.5.